The van der Waals surface area contributed by atoms with Crippen LogP contribution in [-0.4, -0.2) is 17.2 Å². The van der Waals surface area contributed by atoms with Crippen molar-refractivity contribution in [1.29, 1.82) is 0 Å². The monoisotopic (exact) mass is 355 g/mol. The maximum atomic E-state index is 12.0. The minimum absolute atomic E-state index is 0.199. The lowest BCUT2D eigenvalue weighted by atomic mass is 9.82. The first-order chi connectivity index (χ1) is 12.2. The lowest BCUT2D eigenvalue weighted by molar-refractivity contribution is 0.0694. The van der Waals surface area contributed by atoms with Crippen molar-refractivity contribution in [1.82, 2.24) is 5.32 Å². The number of alkyl carbamates (subject to hydrolysis) is 1. The summed E-state index contributed by atoms with van der Waals surface area (Å²) in [7, 11) is 0. The van der Waals surface area contributed by atoms with Crippen molar-refractivity contribution in [2.24, 2.45) is 0 Å². The van der Waals surface area contributed by atoms with Gasteiger partial charge in [-0.25, -0.2) is 9.59 Å². The molecular formula is C21H25NO4. The summed E-state index contributed by atoms with van der Waals surface area (Å²) in [6, 6.07) is 14.3. The van der Waals surface area contributed by atoms with E-state index in [0.29, 0.717) is 0 Å². The molecule has 0 fully saturated rings. The molecule has 2 N–H and O–H groups in total. The van der Waals surface area contributed by atoms with E-state index in [1.165, 1.54) is 0 Å². The van der Waals surface area contributed by atoms with E-state index in [1.54, 1.807) is 12.1 Å². The maximum absolute atomic E-state index is 12.0. The summed E-state index contributed by atoms with van der Waals surface area (Å²) in [5, 5.41) is 12.2. The second-order valence-electron chi connectivity index (χ2n) is 7.29. The van der Waals surface area contributed by atoms with Crippen molar-refractivity contribution < 1.29 is 19.4 Å². The van der Waals surface area contributed by atoms with E-state index in [-0.39, 0.29) is 23.6 Å². The van der Waals surface area contributed by atoms with Crippen LogP contribution in [0.1, 0.15) is 60.8 Å². The third-order valence-electron chi connectivity index (χ3n) is 4.13. The average Bonchev–Trinajstić information content (AvgIpc) is 2.59. The molecule has 0 radical (unpaired) electrons. The highest BCUT2D eigenvalue weighted by Crippen LogP contribution is 2.29. The van der Waals surface area contributed by atoms with Crippen LogP contribution < -0.4 is 5.32 Å². The van der Waals surface area contributed by atoms with Gasteiger partial charge in [-0.2, -0.15) is 0 Å². The first kappa shape index (κ1) is 19.5. The number of carbonyl (C=O) groups excluding carboxylic acids is 1. The smallest absolute Gasteiger partial charge is 0.407 e. The SMILES string of the molecule is C[C@H](NC(=O)OCc1ccccc1)c1ccc(C(=O)O)c(C(C)(C)C)c1. The minimum atomic E-state index is -0.954. The predicted molar refractivity (Wildman–Crippen MR) is 100 cm³/mol. The standard InChI is InChI=1S/C21H25NO4/c1-14(22-20(25)26-13-15-8-6-5-7-9-15)16-10-11-17(19(23)24)18(12-16)21(2,3)4/h5-12,14H,13H2,1-4H3,(H,22,25)(H,23,24)/t14-/m0/s1. The Bertz CT molecular complexity index is 778. The quantitative estimate of drug-likeness (QED) is 0.817. The molecule has 2 aromatic carbocycles. The molecule has 138 valence electrons. The zero-order chi connectivity index (χ0) is 19.3. The molecule has 0 aliphatic carbocycles. The van der Waals surface area contributed by atoms with Crippen LogP contribution in [0.2, 0.25) is 0 Å². The molecule has 1 atom stereocenters. The summed E-state index contributed by atoms with van der Waals surface area (Å²) in [6.45, 7) is 7.93. The van der Waals surface area contributed by atoms with Crippen molar-refractivity contribution in [2.75, 3.05) is 0 Å². The van der Waals surface area contributed by atoms with Crippen molar-refractivity contribution in [3.05, 3.63) is 70.8 Å². The van der Waals surface area contributed by atoms with E-state index in [9.17, 15) is 14.7 Å². The van der Waals surface area contributed by atoms with Gasteiger partial charge in [0.05, 0.1) is 11.6 Å². The number of hydrogen-bond acceptors (Lipinski definition) is 3. The Balaban J connectivity index is 2.08. The second-order valence-corrected chi connectivity index (χ2v) is 7.29. The first-order valence-corrected chi connectivity index (χ1v) is 8.53. The van der Waals surface area contributed by atoms with Crippen LogP contribution in [0.25, 0.3) is 0 Å². The number of ether oxygens (including phenoxy) is 1. The van der Waals surface area contributed by atoms with Crippen molar-refractivity contribution in [3.63, 3.8) is 0 Å². The molecule has 5 nitrogen and oxygen atoms in total. The third kappa shape index (κ3) is 5.09. The van der Waals surface area contributed by atoms with Gasteiger partial charge in [-0.15, -0.1) is 0 Å². The Labute approximate surface area is 154 Å². The fourth-order valence-corrected chi connectivity index (χ4v) is 2.66. The fourth-order valence-electron chi connectivity index (χ4n) is 2.66. The van der Waals surface area contributed by atoms with E-state index < -0.39 is 12.1 Å². The summed E-state index contributed by atoms with van der Waals surface area (Å²) in [4.78, 5) is 23.5. The van der Waals surface area contributed by atoms with Gasteiger partial charge >= 0.3 is 12.1 Å². The number of carboxylic acids is 1. The van der Waals surface area contributed by atoms with Gasteiger partial charge in [0.15, 0.2) is 0 Å². The number of rotatable bonds is 5. The van der Waals surface area contributed by atoms with Crippen LogP contribution >= 0.6 is 0 Å². The van der Waals surface area contributed by atoms with Gasteiger partial charge in [-0.05, 0) is 35.1 Å². The summed E-state index contributed by atoms with van der Waals surface area (Å²) < 4.78 is 5.24. The Hall–Kier alpha value is -2.82. The van der Waals surface area contributed by atoms with E-state index in [0.717, 1.165) is 16.7 Å². The molecule has 0 aromatic heterocycles. The van der Waals surface area contributed by atoms with E-state index in [1.807, 2.05) is 64.1 Å². The summed E-state index contributed by atoms with van der Waals surface area (Å²) in [6.07, 6.45) is -0.513. The normalized spacial score (nSPS) is 12.3. The molecule has 0 aliphatic rings. The Kier molecular flexibility index (Phi) is 6.03. The lowest BCUT2D eigenvalue weighted by Crippen LogP contribution is -2.28. The van der Waals surface area contributed by atoms with Crippen LogP contribution in [0.4, 0.5) is 4.79 Å². The van der Waals surface area contributed by atoms with Gasteiger partial charge in [0, 0.05) is 0 Å². The van der Waals surface area contributed by atoms with Gasteiger partial charge in [0.25, 0.3) is 0 Å². The van der Waals surface area contributed by atoms with Crippen LogP contribution in [0.15, 0.2) is 48.5 Å². The van der Waals surface area contributed by atoms with Gasteiger partial charge in [-0.1, -0.05) is 63.2 Å². The zero-order valence-electron chi connectivity index (χ0n) is 15.6. The largest absolute Gasteiger partial charge is 0.478 e. The third-order valence-corrected chi connectivity index (χ3v) is 4.13. The molecule has 0 aliphatic heterocycles. The van der Waals surface area contributed by atoms with Crippen LogP contribution in [0.3, 0.4) is 0 Å². The number of carbonyl (C=O) groups is 2. The summed E-state index contributed by atoms with van der Waals surface area (Å²) in [5.41, 5.74) is 2.43. The van der Waals surface area contributed by atoms with Crippen molar-refractivity contribution in [2.45, 2.75) is 45.8 Å². The van der Waals surface area contributed by atoms with E-state index in [4.69, 9.17) is 4.74 Å². The fraction of sp³-hybridized carbons (Fsp3) is 0.333. The molecule has 2 aromatic rings. The zero-order valence-corrected chi connectivity index (χ0v) is 15.6. The second kappa shape index (κ2) is 8.04. The number of hydrogen-bond donors (Lipinski definition) is 2. The molecule has 0 saturated carbocycles. The molecule has 0 unspecified atom stereocenters. The molecule has 5 heteroatoms. The van der Waals surface area contributed by atoms with E-state index >= 15 is 0 Å². The molecular weight excluding hydrogens is 330 g/mol. The number of carboxylic acid groups (broad SMARTS) is 1. The Morgan fingerprint density at radius 3 is 2.35 bits per heavy atom. The van der Waals surface area contributed by atoms with Crippen LogP contribution in [0.5, 0.6) is 0 Å². The number of aromatic carboxylic acids is 1. The highest BCUT2D eigenvalue weighted by Gasteiger charge is 2.23. The highest BCUT2D eigenvalue weighted by molar-refractivity contribution is 5.90. The van der Waals surface area contributed by atoms with Crippen LogP contribution in [-0.2, 0) is 16.8 Å². The Morgan fingerprint density at radius 2 is 1.77 bits per heavy atom. The topological polar surface area (TPSA) is 75.6 Å². The highest BCUT2D eigenvalue weighted by atomic mass is 16.5. The molecule has 0 heterocycles. The van der Waals surface area contributed by atoms with Gasteiger partial charge in [0.1, 0.15) is 6.61 Å². The van der Waals surface area contributed by atoms with Crippen molar-refractivity contribution >= 4 is 12.1 Å². The predicted octanol–water partition coefficient (Wildman–Crippen LogP) is 4.67. The summed E-state index contributed by atoms with van der Waals surface area (Å²) >= 11 is 0. The molecule has 0 bridgehead atoms. The van der Waals surface area contributed by atoms with Crippen LogP contribution in [0, 0.1) is 0 Å². The van der Waals surface area contributed by atoms with Gasteiger partial charge in [0.2, 0.25) is 0 Å². The molecule has 0 saturated heterocycles. The van der Waals surface area contributed by atoms with Gasteiger partial charge in [-0.3, -0.25) is 0 Å². The Morgan fingerprint density at radius 1 is 1.12 bits per heavy atom. The van der Waals surface area contributed by atoms with Gasteiger partial charge < -0.3 is 15.2 Å². The minimum Gasteiger partial charge on any atom is -0.478 e. The molecule has 26 heavy (non-hydrogen) atoms. The average molecular weight is 355 g/mol. The molecule has 1 amide bonds. The summed E-state index contributed by atoms with van der Waals surface area (Å²) in [5.74, 6) is -0.954. The molecule has 0 spiro atoms. The lowest BCUT2D eigenvalue weighted by Gasteiger charge is -2.24. The number of benzene rings is 2. The number of nitrogens with one attached hydrogen (secondary N) is 1. The number of amides is 1. The van der Waals surface area contributed by atoms with Crippen molar-refractivity contribution in [3.8, 4) is 0 Å². The maximum Gasteiger partial charge on any atom is 0.407 e. The first-order valence-electron chi connectivity index (χ1n) is 8.53. The molecule has 2 rings (SSSR count). The van der Waals surface area contributed by atoms with E-state index in [2.05, 4.69) is 5.32 Å².